The third-order valence-corrected chi connectivity index (χ3v) is 1.55. The van der Waals surface area contributed by atoms with Crippen LogP contribution in [0.5, 0.6) is 5.88 Å². The van der Waals surface area contributed by atoms with Crippen molar-refractivity contribution in [3.8, 4) is 5.88 Å². The molecule has 0 aliphatic heterocycles. The molecule has 14 heavy (non-hydrogen) atoms. The average molecular weight is 196 g/mol. The van der Waals surface area contributed by atoms with Crippen LogP contribution in [0.3, 0.4) is 0 Å². The third-order valence-electron chi connectivity index (χ3n) is 1.55. The second-order valence-electron chi connectivity index (χ2n) is 2.49. The van der Waals surface area contributed by atoms with Gasteiger partial charge in [-0.2, -0.15) is 0 Å². The summed E-state index contributed by atoms with van der Waals surface area (Å²) in [6.07, 6.45) is 3.11. The molecule has 0 fully saturated rings. The maximum atomic E-state index is 11.1. The van der Waals surface area contributed by atoms with Crippen LogP contribution in [-0.4, -0.2) is 29.7 Å². The minimum Gasteiger partial charge on any atom is -0.480 e. The lowest BCUT2D eigenvalue weighted by Crippen LogP contribution is -2.10. The van der Waals surface area contributed by atoms with Gasteiger partial charge in [-0.3, -0.25) is 9.78 Å². The van der Waals surface area contributed by atoms with Crippen molar-refractivity contribution in [3.05, 3.63) is 18.1 Å². The fourth-order valence-electron chi connectivity index (χ4n) is 0.995. The Hall–Kier alpha value is -1.65. The molecule has 0 aliphatic carbocycles. The van der Waals surface area contributed by atoms with Gasteiger partial charge in [0.2, 0.25) is 5.88 Å². The molecule has 1 heterocycles. The lowest BCUT2D eigenvalue weighted by Gasteiger charge is -2.04. The van der Waals surface area contributed by atoms with Gasteiger partial charge < -0.3 is 9.47 Å². The van der Waals surface area contributed by atoms with E-state index in [1.165, 1.54) is 19.5 Å². The predicted molar refractivity (Wildman–Crippen MR) is 48.9 cm³/mol. The number of hydrogen-bond donors (Lipinski definition) is 0. The highest BCUT2D eigenvalue weighted by Gasteiger charge is 2.10. The molecule has 0 N–H and O–H groups in total. The van der Waals surface area contributed by atoms with Gasteiger partial charge in [-0.05, 0) is 6.92 Å². The van der Waals surface area contributed by atoms with Crippen molar-refractivity contribution in [2.45, 2.75) is 13.3 Å². The second-order valence-corrected chi connectivity index (χ2v) is 2.49. The summed E-state index contributed by atoms with van der Waals surface area (Å²) in [7, 11) is 1.48. The zero-order valence-electron chi connectivity index (χ0n) is 8.19. The molecule has 0 bridgehead atoms. The van der Waals surface area contributed by atoms with Crippen molar-refractivity contribution >= 4 is 5.97 Å². The van der Waals surface area contributed by atoms with Crippen LogP contribution in [0.1, 0.15) is 12.6 Å². The van der Waals surface area contributed by atoms with Crippen LogP contribution in [0.2, 0.25) is 0 Å². The summed E-state index contributed by atoms with van der Waals surface area (Å²) in [6, 6.07) is 0. The molecule has 1 rings (SSSR count). The van der Waals surface area contributed by atoms with Crippen LogP contribution < -0.4 is 4.74 Å². The Bertz CT molecular complexity index is 315. The van der Waals surface area contributed by atoms with Crippen molar-refractivity contribution in [1.82, 2.24) is 9.97 Å². The smallest absolute Gasteiger partial charge is 0.312 e. The van der Waals surface area contributed by atoms with E-state index in [1.807, 2.05) is 0 Å². The molecule has 0 unspecified atom stereocenters. The molecule has 0 amide bonds. The van der Waals surface area contributed by atoms with Crippen molar-refractivity contribution in [2.75, 3.05) is 13.7 Å². The van der Waals surface area contributed by atoms with Gasteiger partial charge in [0.15, 0.2) is 0 Å². The summed E-state index contributed by atoms with van der Waals surface area (Å²) in [6.45, 7) is 2.12. The van der Waals surface area contributed by atoms with Crippen molar-refractivity contribution < 1.29 is 14.3 Å². The van der Waals surface area contributed by atoms with Gasteiger partial charge >= 0.3 is 5.97 Å². The topological polar surface area (TPSA) is 61.3 Å². The molecule has 0 aliphatic rings. The van der Waals surface area contributed by atoms with Crippen LogP contribution in [0.25, 0.3) is 0 Å². The number of nitrogens with zero attached hydrogens (tertiary/aromatic N) is 2. The number of methoxy groups -OCH3 is 1. The first-order valence-corrected chi connectivity index (χ1v) is 4.27. The largest absolute Gasteiger partial charge is 0.480 e. The van der Waals surface area contributed by atoms with Crippen LogP contribution in [0, 0.1) is 0 Å². The average Bonchev–Trinajstić information content (AvgIpc) is 2.19. The Labute approximate surface area is 82.1 Å². The van der Waals surface area contributed by atoms with E-state index in [1.54, 1.807) is 6.92 Å². The van der Waals surface area contributed by atoms with Crippen LogP contribution in [-0.2, 0) is 16.0 Å². The summed E-state index contributed by atoms with van der Waals surface area (Å²) < 4.78 is 9.73. The zero-order chi connectivity index (χ0) is 10.4. The number of aromatic nitrogens is 2. The fourth-order valence-corrected chi connectivity index (χ4v) is 0.995. The number of esters is 1. The molecule has 5 nitrogen and oxygen atoms in total. The molecule has 0 radical (unpaired) electrons. The maximum Gasteiger partial charge on any atom is 0.312 e. The normalized spacial score (nSPS) is 9.57. The van der Waals surface area contributed by atoms with E-state index in [0.717, 1.165) is 0 Å². The molecular formula is C9H12N2O3. The third kappa shape index (κ3) is 2.69. The lowest BCUT2D eigenvalue weighted by atomic mass is 10.3. The quantitative estimate of drug-likeness (QED) is 0.659. The number of carbonyl (C=O) groups is 1. The monoisotopic (exact) mass is 196 g/mol. The molecule has 1 aromatic rings. The Kier molecular flexibility index (Phi) is 3.84. The second kappa shape index (κ2) is 5.16. The molecular weight excluding hydrogens is 184 g/mol. The molecule has 0 saturated carbocycles. The van der Waals surface area contributed by atoms with Gasteiger partial charge in [-0.15, -0.1) is 0 Å². The highest BCUT2D eigenvalue weighted by molar-refractivity contribution is 5.72. The van der Waals surface area contributed by atoms with Crippen molar-refractivity contribution in [1.29, 1.82) is 0 Å². The number of hydrogen-bond acceptors (Lipinski definition) is 5. The van der Waals surface area contributed by atoms with Gasteiger partial charge in [0.05, 0.1) is 20.1 Å². The molecule has 76 valence electrons. The molecule has 0 aromatic carbocycles. The van der Waals surface area contributed by atoms with Crippen LogP contribution in [0.4, 0.5) is 0 Å². The van der Waals surface area contributed by atoms with E-state index in [2.05, 4.69) is 9.97 Å². The molecule has 1 aromatic heterocycles. The summed E-state index contributed by atoms with van der Waals surface area (Å²) in [5, 5.41) is 0. The SMILES string of the molecule is CCOC(=O)Cc1nccnc1OC. The van der Waals surface area contributed by atoms with Crippen molar-refractivity contribution in [3.63, 3.8) is 0 Å². The van der Waals surface area contributed by atoms with Gasteiger partial charge in [0.1, 0.15) is 5.69 Å². The van der Waals surface area contributed by atoms with Gasteiger partial charge in [0, 0.05) is 12.4 Å². The van der Waals surface area contributed by atoms with E-state index in [4.69, 9.17) is 9.47 Å². The number of ether oxygens (including phenoxy) is 2. The summed E-state index contributed by atoms with van der Waals surface area (Å²) in [4.78, 5) is 19.0. The predicted octanol–water partition coefficient (Wildman–Crippen LogP) is 0.591. The van der Waals surface area contributed by atoms with Crippen molar-refractivity contribution in [2.24, 2.45) is 0 Å². The van der Waals surface area contributed by atoms with E-state index in [0.29, 0.717) is 18.2 Å². The Morgan fingerprint density at radius 3 is 2.79 bits per heavy atom. The van der Waals surface area contributed by atoms with Gasteiger partial charge in [0.25, 0.3) is 0 Å². The molecule has 0 atom stereocenters. The minimum atomic E-state index is -0.327. The first kappa shape index (κ1) is 10.4. The van der Waals surface area contributed by atoms with Gasteiger partial charge in [-0.25, -0.2) is 4.98 Å². The summed E-state index contributed by atoms with van der Waals surface area (Å²) in [5.74, 6) is 0.0341. The lowest BCUT2D eigenvalue weighted by molar-refractivity contribution is -0.142. The Balaban J connectivity index is 2.70. The highest BCUT2D eigenvalue weighted by atomic mass is 16.5. The number of rotatable bonds is 4. The first-order valence-electron chi connectivity index (χ1n) is 4.27. The molecule has 0 saturated heterocycles. The maximum absolute atomic E-state index is 11.1. The van der Waals surface area contributed by atoms with Gasteiger partial charge in [-0.1, -0.05) is 0 Å². The first-order chi connectivity index (χ1) is 6.77. The van der Waals surface area contributed by atoms with Crippen LogP contribution >= 0.6 is 0 Å². The van der Waals surface area contributed by atoms with E-state index < -0.39 is 0 Å². The Morgan fingerprint density at radius 2 is 2.14 bits per heavy atom. The number of carbonyl (C=O) groups excluding carboxylic acids is 1. The minimum absolute atomic E-state index is 0.0881. The Morgan fingerprint density at radius 1 is 1.43 bits per heavy atom. The molecule has 0 spiro atoms. The van der Waals surface area contributed by atoms with Crippen LogP contribution in [0.15, 0.2) is 12.4 Å². The van der Waals surface area contributed by atoms with E-state index in [-0.39, 0.29) is 12.4 Å². The molecule has 5 heteroatoms. The zero-order valence-corrected chi connectivity index (χ0v) is 8.19. The summed E-state index contributed by atoms with van der Waals surface area (Å²) in [5.41, 5.74) is 0.494. The fraction of sp³-hybridized carbons (Fsp3) is 0.444. The van der Waals surface area contributed by atoms with E-state index in [9.17, 15) is 4.79 Å². The summed E-state index contributed by atoms with van der Waals surface area (Å²) >= 11 is 0. The standard InChI is InChI=1S/C9H12N2O3/c1-3-14-8(12)6-7-9(13-2)11-5-4-10-7/h4-5H,3,6H2,1-2H3. The highest BCUT2D eigenvalue weighted by Crippen LogP contribution is 2.11. The van der Waals surface area contributed by atoms with E-state index >= 15 is 0 Å².